The molecule has 152 valence electrons. The minimum Gasteiger partial charge on any atom is -0.354 e. The molecule has 0 aliphatic carbocycles. The summed E-state index contributed by atoms with van der Waals surface area (Å²) in [6.07, 6.45) is 1.02. The summed E-state index contributed by atoms with van der Waals surface area (Å²) in [5, 5.41) is 3.99. The van der Waals surface area contributed by atoms with Crippen LogP contribution in [0.3, 0.4) is 0 Å². The summed E-state index contributed by atoms with van der Waals surface area (Å²) in [5.74, 6) is 1.08. The lowest BCUT2D eigenvalue weighted by molar-refractivity contribution is -0.119. The van der Waals surface area contributed by atoms with Gasteiger partial charge in [-0.15, -0.1) is 0 Å². The number of nitrogens with one attached hydrogen (secondary N) is 1. The lowest BCUT2D eigenvalue weighted by Gasteiger charge is -2.22. The molecule has 0 saturated carbocycles. The number of hydrogen-bond donors (Lipinski definition) is 1. The van der Waals surface area contributed by atoms with Gasteiger partial charge in [0, 0.05) is 33.1 Å². The number of halogens is 3. The van der Waals surface area contributed by atoms with Crippen molar-refractivity contribution in [2.24, 2.45) is 0 Å². The Balaban J connectivity index is 1.85. The van der Waals surface area contributed by atoms with Crippen LogP contribution in [-0.4, -0.2) is 39.4 Å². The van der Waals surface area contributed by atoms with Gasteiger partial charge < -0.3 is 5.32 Å². The Morgan fingerprint density at radius 2 is 1.64 bits per heavy atom. The normalized spacial score (nSPS) is 11.3. The molecule has 0 unspecified atom stereocenters. The van der Waals surface area contributed by atoms with Gasteiger partial charge in [0.2, 0.25) is 15.9 Å². The second-order valence-electron chi connectivity index (χ2n) is 5.93. The fraction of sp³-hybridized carbons (Fsp3) is 0.278. The predicted octanol–water partition coefficient (Wildman–Crippen LogP) is 4.46. The largest absolute Gasteiger partial charge is 0.354 e. The number of nitrogens with zero attached hydrogens (tertiary/aromatic N) is 1. The summed E-state index contributed by atoms with van der Waals surface area (Å²) < 4.78 is 25.2. The SMILES string of the molecule is CS(=O)(=O)N(CC(=O)NCCSCc1ccc(Cl)cc1)c1cc(Cl)cc(Cl)c1. The zero-order valence-corrected chi connectivity index (χ0v) is 18.9. The Hall–Kier alpha value is -1.12. The molecular weight excluding hydrogens is 463 g/mol. The molecular formula is C18H19Cl3N2O3S2. The van der Waals surface area contributed by atoms with Gasteiger partial charge in [-0.05, 0) is 35.9 Å². The minimum absolute atomic E-state index is 0.243. The average Bonchev–Trinajstić information content (AvgIpc) is 2.59. The van der Waals surface area contributed by atoms with E-state index in [1.807, 2.05) is 24.3 Å². The lowest BCUT2D eigenvalue weighted by atomic mass is 10.2. The van der Waals surface area contributed by atoms with Crippen molar-refractivity contribution in [3.05, 3.63) is 63.1 Å². The predicted molar refractivity (Wildman–Crippen MR) is 119 cm³/mol. The summed E-state index contributed by atoms with van der Waals surface area (Å²) in [6, 6.07) is 12.0. The van der Waals surface area contributed by atoms with Gasteiger partial charge in [0.25, 0.3) is 0 Å². The van der Waals surface area contributed by atoms with Crippen molar-refractivity contribution in [2.45, 2.75) is 5.75 Å². The highest BCUT2D eigenvalue weighted by molar-refractivity contribution is 7.98. The standard InChI is InChI=1S/C18H19Cl3N2O3S2/c1-28(25,26)23(17-9-15(20)8-16(21)10-17)11-18(24)22-6-7-27-12-13-2-4-14(19)5-3-13/h2-5,8-10H,6-7,11-12H2,1H3,(H,22,24). The molecule has 0 radical (unpaired) electrons. The third kappa shape index (κ3) is 7.72. The Labute approximate surface area is 184 Å². The highest BCUT2D eigenvalue weighted by Crippen LogP contribution is 2.26. The van der Waals surface area contributed by atoms with Crippen LogP contribution in [0.5, 0.6) is 0 Å². The number of sulfonamides is 1. The van der Waals surface area contributed by atoms with Crippen LogP contribution < -0.4 is 9.62 Å². The van der Waals surface area contributed by atoms with Gasteiger partial charge in [-0.2, -0.15) is 11.8 Å². The molecule has 28 heavy (non-hydrogen) atoms. The van der Waals surface area contributed by atoms with E-state index in [9.17, 15) is 13.2 Å². The summed E-state index contributed by atoms with van der Waals surface area (Å²) >= 11 is 19.4. The molecule has 5 nitrogen and oxygen atoms in total. The first kappa shape index (κ1) is 23.2. The molecule has 0 aliphatic heterocycles. The zero-order valence-electron chi connectivity index (χ0n) is 15.0. The maximum atomic E-state index is 12.2. The van der Waals surface area contributed by atoms with Gasteiger partial charge in [-0.25, -0.2) is 8.42 Å². The zero-order chi connectivity index (χ0) is 20.7. The van der Waals surface area contributed by atoms with E-state index in [1.165, 1.54) is 18.2 Å². The molecule has 0 aliphatic rings. The van der Waals surface area contributed by atoms with Crippen LogP contribution in [0.25, 0.3) is 0 Å². The fourth-order valence-electron chi connectivity index (χ4n) is 2.30. The van der Waals surface area contributed by atoms with Crippen LogP contribution in [0, 0.1) is 0 Å². The van der Waals surface area contributed by atoms with Gasteiger partial charge in [-0.1, -0.05) is 46.9 Å². The summed E-state index contributed by atoms with van der Waals surface area (Å²) in [5.41, 5.74) is 1.38. The lowest BCUT2D eigenvalue weighted by Crippen LogP contribution is -2.41. The van der Waals surface area contributed by atoms with Crippen molar-refractivity contribution in [1.82, 2.24) is 5.32 Å². The number of benzene rings is 2. The van der Waals surface area contributed by atoms with Crippen molar-refractivity contribution in [3.8, 4) is 0 Å². The Morgan fingerprint density at radius 1 is 1.04 bits per heavy atom. The second kappa shape index (κ2) is 10.6. The number of carbonyl (C=O) groups excluding carboxylic acids is 1. The van der Waals surface area contributed by atoms with Gasteiger partial charge in [-0.3, -0.25) is 9.10 Å². The van der Waals surface area contributed by atoms with Crippen molar-refractivity contribution in [3.63, 3.8) is 0 Å². The average molecular weight is 482 g/mol. The van der Waals surface area contributed by atoms with Gasteiger partial charge >= 0.3 is 0 Å². The molecule has 1 N–H and O–H groups in total. The van der Waals surface area contributed by atoms with E-state index in [0.717, 1.165) is 21.9 Å². The number of carbonyl (C=O) groups is 1. The first-order valence-corrected chi connectivity index (χ1v) is 12.3. The molecule has 0 aromatic heterocycles. The molecule has 0 atom stereocenters. The van der Waals surface area contributed by atoms with E-state index in [4.69, 9.17) is 34.8 Å². The van der Waals surface area contributed by atoms with E-state index in [-0.39, 0.29) is 22.3 Å². The smallest absolute Gasteiger partial charge is 0.240 e. The molecule has 0 heterocycles. The Bertz CT molecular complexity index is 902. The van der Waals surface area contributed by atoms with Gasteiger partial charge in [0.15, 0.2) is 0 Å². The molecule has 2 aromatic carbocycles. The highest BCUT2D eigenvalue weighted by Gasteiger charge is 2.21. The molecule has 10 heteroatoms. The van der Waals surface area contributed by atoms with E-state index in [2.05, 4.69) is 5.32 Å². The first-order chi connectivity index (χ1) is 13.1. The maximum absolute atomic E-state index is 12.2. The quantitative estimate of drug-likeness (QED) is 0.537. The number of rotatable bonds is 9. The monoisotopic (exact) mass is 480 g/mol. The third-order valence-electron chi connectivity index (χ3n) is 3.57. The van der Waals surface area contributed by atoms with Crippen LogP contribution in [0.15, 0.2) is 42.5 Å². The Kier molecular flexibility index (Phi) is 8.77. The highest BCUT2D eigenvalue weighted by atomic mass is 35.5. The van der Waals surface area contributed by atoms with Crippen LogP contribution in [0.1, 0.15) is 5.56 Å². The van der Waals surface area contributed by atoms with Crippen LogP contribution >= 0.6 is 46.6 Å². The van der Waals surface area contributed by atoms with Crippen LogP contribution in [0.2, 0.25) is 15.1 Å². The second-order valence-corrected chi connectivity index (χ2v) is 10.2. The third-order valence-corrected chi connectivity index (χ3v) is 6.43. The first-order valence-electron chi connectivity index (χ1n) is 8.18. The topological polar surface area (TPSA) is 66.5 Å². The van der Waals surface area contributed by atoms with E-state index >= 15 is 0 Å². The number of amides is 1. The fourth-order valence-corrected chi connectivity index (χ4v) is 4.60. The summed E-state index contributed by atoms with van der Waals surface area (Å²) in [4.78, 5) is 12.2. The van der Waals surface area contributed by atoms with Crippen LogP contribution in [0.4, 0.5) is 5.69 Å². The Morgan fingerprint density at radius 3 is 2.21 bits per heavy atom. The van der Waals surface area contributed by atoms with E-state index < -0.39 is 15.9 Å². The molecule has 0 saturated heterocycles. The summed E-state index contributed by atoms with van der Waals surface area (Å²) in [7, 11) is -3.68. The van der Waals surface area contributed by atoms with E-state index in [1.54, 1.807) is 11.8 Å². The van der Waals surface area contributed by atoms with Gasteiger partial charge in [0.05, 0.1) is 11.9 Å². The number of anilines is 1. The number of thioether (sulfide) groups is 1. The molecule has 2 rings (SSSR count). The van der Waals surface area contributed by atoms with Crippen molar-refractivity contribution in [2.75, 3.05) is 29.4 Å². The molecule has 0 spiro atoms. The molecule has 2 aromatic rings. The molecule has 0 fully saturated rings. The minimum atomic E-state index is -3.68. The van der Waals surface area contributed by atoms with Crippen molar-refractivity contribution >= 4 is 68.2 Å². The maximum Gasteiger partial charge on any atom is 0.240 e. The summed E-state index contributed by atoms with van der Waals surface area (Å²) in [6.45, 7) is 0.0718. The van der Waals surface area contributed by atoms with Crippen molar-refractivity contribution in [1.29, 1.82) is 0 Å². The molecule has 1 amide bonds. The molecule has 0 bridgehead atoms. The van der Waals surface area contributed by atoms with Gasteiger partial charge in [0.1, 0.15) is 6.54 Å². The number of hydrogen-bond acceptors (Lipinski definition) is 4. The van der Waals surface area contributed by atoms with Crippen molar-refractivity contribution < 1.29 is 13.2 Å². The van der Waals surface area contributed by atoms with E-state index in [0.29, 0.717) is 17.3 Å². The van der Waals surface area contributed by atoms with Crippen LogP contribution in [-0.2, 0) is 20.6 Å².